The third kappa shape index (κ3) is 2.51. The van der Waals surface area contributed by atoms with Crippen LogP contribution < -0.4 is 5.73 Å². The minimum absolute atomic E-state index is 0.152. The zero-order chi connectivity index (χ0) is 10.8. The molecule has 3 atom stereocenters. The predicted octanol–water partition coefficient (Wildman–Crippen LogP) is 1.37. The van der Waals surface area contributed by atoms with Crippen LogP contribution in [0.25, 0.3) is 0 Å². The van der Waals surface area contributed by atoms with Crippen molar-refractivity contribution in [2.24, 2.45) is 17.6 Å². The summed E-state index contributed by atoms with van der Waals surface area (Å²) in [5.74, 6) is 1.88. The Labute approximate surface area is 92.0 Å². The van der Waals surface area contributed by atoms with Crippen LogP contribution in [0.1, 0.15) is 39.0 Å². The highest BCUT2D eigenvalue weighted by atomic mass is 16.2. The molecular formula is C12H22N2O. The number of hydrogen-bond donors (Lipinski definition) is 1. The van der Waals surface area contributed by atoms with Gasteiger partial charge in [-0.25, -0.2) is 0 Å². The SMILES string of the molecule is CC1CCCC(CCN2CC(N)C2=O)C1. The molecule has 2 rings (SSSR count). The summed E-state index contributed by atoms with van der Waals surface area (Å²) < 4.78 is 0. The highest BCUT2D eigenvalue weighted by Crippen LogP contribution is 2.31. The molecule has 1 aliphatic carbocycles. The van der Waals surface area contributed by atoms with E-state index < -0.39 is 0 Å². The molecule has 0 aromatic carbocycles. The van der Waals surface area contributed by atoms with Gasteiger partial charge in [-0.1, -0.05) is 26.2 Å². The monoisotopic (exact) mass is 210 g/mol. The van der Waals surface area contributed by atoms with E-state index in [1.807, 2.05) is 4.90 Å². The number of hydrogen-bond acceptors (Lipinski definition) is 2. The number of carbonyl (C=O) groups excluding carboxylic acids is 1. The van der Waals surface area contributed by atoms with Crippen molar-refractivity contribution in [2.75, 3.05) is 13.1 Å². The molecule has 2 N–H and O–H groups in total. The van der Waals surface area contributed by atoms with Crippen LogP contribution in [0.3, 0.4) is 0 Å². The van der Waals surface area contributed by atoms with Crippen LogP contribution in [0.4, 0.5) is 0 Å². The lowest BCUT2D eigenvalue weighted by atomic mass is 9.80. The van der Waals surface area contributed by atoms with Crippen molar-refractivity contribution in [3.05, 3.63) is 0 Å². The van der Waals surface area contributed by atoms with Gasteiger partial charge >= 0.3 is 0 Å². The number of nitrogens with zero attached hydrogens (tertiary/aromatic N) is 1. The summed E-state index contributed by atoms with van der Waals surface area (Å²) in [6, 6.07) is -0.199. The van der Waals surface area contributed by atoms with Gasteiger partial charge < -0.3 is 10.6 Å². The largest absolute Gasteiger partial charge is 0.339 e. The van der Waals surface area contributed by atoms with Crippen molar-refractivity contribution in [1.82, 2.24) is 4.90 Å². The molecular weight excluding hydrogens is 188 g/mol. The van der Waals surface area contributed by atoms with Crippen molar-refractivity contribution < 1.29 is 4.79 Å². The van der Waals surface area contributed by atoms with Crippen LogP contribution in [0.2, 0.25) is 0 Å². The van der Waals surface area contributed by atoms with Crippen molar-refractivity contribution in [3.63, 3.8) is 0 Å². The number of rotatable bonds is 3. The Kier molecular flexibility index (Phi) is 3.29. The highest BCUT2D eigenvalue weighted by Gasteiger charge is 2.33. The van der Waals surface area contributed by atoms with Crippen LogP contribution in [0, 0.1) is 11.8 Å². The number of amides is 1. The molecule has 3 heteroatoms. The highest BCUT2D eigenvalue weighted by molar-refractivity contribution is 5.87. The number of carbonyl (C=O) groups is 1. The first-order valence-electron chi connectivity index (χ1n) is 6.21. The first kappa shape index (κ1) is 10.9. The normalized spacial score (nSPS) is 36.5. The van der Waals surface area contributed by atoms with Gasteiger partial charge in [0.25, 0.3) is 0 Å². The van der Waals surface area contributed by atoms with Crippen LogP contribution in [0.5, 0.6) is 0 Å². The lowest BCUT2D eigenvalue weighted by molar-refractivity contribution is -0.142. The second kappa shape index (κ2) is 4.52. The fourth-order valence-electron chi connectivity index (χ4n) is 2.89. The van der Waals surface area contributed by atoms with Gasteiger partial charge in [-0.05, 0) is 24.7 Å². The molecule has 3 nitrogen and oxygen atoms in total. The maximum atomic E-state index is 11.3. The minimum atomic E-state index is -0.199. The minimum Gasteiger partial charge on any atom is -0.339 e. The van der Waals surface area contributed by atoms with Gasteiger partial charge in [-0.3, -0.25) is 4.79 Å². The first-order chi connectivity index (χ1) is 7.16. The fourth-order valence-corrected chi connectivity index (χ4v) is 2.89. The van der Waals surface area contributed by atoms with Gasteiger partial charge in [0.15, 0.2) is 0 Å². The van der Waals surface area contributed by atoms with E-state index in [0.29, 0.717) is 0 Å². The van der Waals surface area contributed by atoms with Gasteiger partial charge in [0.2, 0.25) is 5.91 Å². The molecule has 0 radical (unpaired) electrons. The van der Waals surface area contributed by atoms with E-state index in [4.69, 9.17) is 5.73 Å². The van der Waals surface area contributed by atoms with Gasteiger partial charge in [0.1, 0.15) is 6.04 Å². The van der Waals surface area contributed by atoms with E-state index in [0.717, 1.165) is 24.9 Å². The molecule has 2 fully saturated rings. The zero-order valence-corrected chi connectivity index (χ0v) is 9.61. The topological polar surface area (TPSA) is 46.3 Å². The van der Waals surface area contributed by atoms with E-state index in [9.17, 15) is 4.79 Å². The first-order valence-corrected chi connectivity index (χ1v) is 6.21. The van der Waals surface area contributed by atoms with E-state index in [2.05, 4.69) is 6.92 Å². The number of β-lactam (4-membered cyclic amide) rings is 1. The van der Waals surface area contributed by atoms with Gasteiger partial charge in [-0.15, -0.1) is 0 Å². The molecule has 1 saturated carbocycles. The summed E-state index contributed by atoms with van der Waals surface area (Å²) in [5, 5.41) is 0. The standard InChI is InChI=1S/C12H22N2O/c1-9-3-2-4-10(7-9)5-6-14-8-11(13)12(14)15/h9-11H,2-8,13H2,1H3. The second-order valence-corrected chi connectivity index (χ2v) is 5.32. The van der Waals surface area contributed by atoms with E-state index >= 15 is 0 Å². The summed E-state index contributed by atoms with van der Waals surface area (Å²) in [6.07, 6.45) is 6.67. The fraction of sp³-hybridized carbons (Fsp3) is 0.917. The summed E-state index contributed by atoms with van der Waals surface area (Å²) in [7, 11) is 0. The predicted molar refractivity (Wildman–Crippen MR) is 60.3 cm³/mol. The maximum Gasteiger partial charge on any atom is 0.241 e. The molecule has 0 bridgehead atoms. The molecule has 1 heterocycles. The van der Waals surface area contributed by atoms with E-state index in [1.54, 1.807) is 0 Å². The molecule has 0 aromatic rings. The molecule has 0 spiro atoms. The number of likely N-dealkylation sites (tertiary alicyclic amines) is 1. The van der Waals surface area contributed by atoms with Crippen molar-refractivity contribution in [3.8, 4) is 0 Å². The average Bonchev–Trinajstić information content (AvgIpc) is 2.23. The van der Waals surface area contributed by atoms with Crippen molar-refractivity contribution in [2.45, 2.75) is 45.1 Å². The summed E-state index contributed by atoms with van der Waals surface area (Å²) in [6.45, 7) is 4.06. The lowest BCUT2D eigenvalue weighted by Crippen LogP contribution is -2.61. The smallest absolute Gasteiger partial charge is 0.241 e. The second-order valence-electron chi connectivity index (χ2n) is 5.32. The average molecular weight is 210 g/mol. The number of nitrogens with two attached hydrogens (primary N) is 1. The summed E-state index contributed by atoms with van der Waals surface area (Å²) >= 11 is 0. The van der Waals surface area contributed by atoms with Crippen molar-refractivity contribution in [1.29, 1.82) is 0 Å². The Balaban J connectivity index is 1.67. The molecule has 15 heavy (non-hydrogen) atoms. The molecule has 1 saturated heterocycles. The molecule has 2 aliphatic rings. The maximum absolute atomic E-state index is 11.3. The lowest BCUT2D eigenvalue weighted by Gasteiger charge is -2.37. The Morgan fingerprint density at radius 3 is 2.87 bits per heavy atom. The van der Waals surface area contributed by atoms with Crippen LogP contribution in [-0.2, 0) is 4.79 Å². The van der Waals surface area contributed by atoms with Gasteiger partial charge in [0, 0.05) is 13.1 Å². The summed E-state index contributed by atoms with van der Waals surface area (Å²) in [4.78, 5) is 13.2. The zero-order valence-electron chi connectivity index (χ0n) is 9.61. The molecule has 86 valence electrons. The molecule has 1 aliphatic heterocycles. The Morgan fingerprint density at radius 1 is 1.47 bits per heavy atom. The van der Waals surface area contributed by atoms with Crippen LogP contribution in [-0.4, -0.2) is 29.9 Å². The summed E-state index contributed by atoms with van der Waals surface area (Å²) in [5.41, 5.74) is 5.55. The van der Waals surface area contributed by atoms with E-state index in [1.165, 1.54) is 32.1 Å². The molecule has 3 unspecified atom stereocenters. The van der Waals surface area contributed by atoms with Gasteiger partial charge in [-0.2, -0.15) is 0 Å². The third-order valence-electron chi connectivity index (χ3n) is 3.90. The Bertz CT molecular complexity index is 242. The van der Waals surface area contributed by atoms with Crippen LogP contribution >= 0.6 is 0 Å². The van der Waals surface area contributed by atoms with E-state index in [-0.39, 0.29) is 11.9 Å². The third-order valence-corrected chi connectivity index (χ3v) is 3.90. The van der Waals surface area contributed by atoms with Crippen molar-refractivity contribution >= 4 is 5.91 Å². The molecule has 0 aromatic heterocycles. The Morgan fingerprint density at radius 2 is 2.27 bits per heavy atom. The Hall–Kier alpha value is -0.570. The van der Waals surface area contributed by atoms with Crippen LogP contribution in [0.15, 0.2) is 0 Å². The molecule has 1 amide bonds. The van der Waals surface area contributed by atoms with Gasteiger partial charge in [0.05, 0.1) is 0 Å². The quantitative estimate of drug-likeness (QED) is 0.715.